The molecule has 3 aromatic heterocycles. The Morgan fingerprint density at radius 3 is 1.52 bits per heavy atom. The van der Waals surface area contributed by atoms with Crippen LogP contribution in [0, 0.1) is 13.8 Å². The summed E-state index contributed by atoms with van der Waals surface area (Å²) in [5.74, 6) is 0. The van der Waals surface area contributed by atoms with Crippen molar-refractivity contribution in [2.45, 2.75) is 13.8 Å². The molecule has 0 N–H and O–H groups in total. The lowest BCUT2D eigenvalue weighted by Crippen LogP contribution is -1.98. The van der Waals surface area contributed by atoms with Crippen molar-refractivity contribution in [1.29, 1.82) is 0 Å². The Morgan fingerprint density at radius 2 is 0.900 bits per heavy atom. The summed E-state index contributed by atoms with van der Waals surface area (Å²) in [5, 5.41) is 6.43. The van der Waals surface area contributed by atoms with Gasteiger partial charge >= 0.3 is 0 Å². The van der Waals surface area contributed by atoms with Gasteiger partial charge in [-0.15, -0.1) is 22.7 Å². The number of thiophene rings is 2. The van der Waals surface area contributed by atoms with E-state index in [1.165, 1.54) is 90.2 Å². The maximum atomic E-state index is 5.46. The third-order valence-electron chi connectivity index (χ3n) is 10.2. The molecule has 0 aliphatic rings. The van der Waals surface area contributed by atoms with Crippen molar-refractivity contribution in [3.63, 3.8) is 0 Å². The van der Waals surface area contributed by atoms with Crippen LogP contribution in [0.15, 0.2) is 152 Å². The van der Waals surface area contributed by atoms with E-state index in [0.717, 1.165) is 16.8 Å². The first-order valence-electron chi connectivity index (χ1n) is 17.0. The molecule has 0 saturated heterocycles. The van der Waals surface area contributed by atoms with Gasteiger partial charge in [0.05, 0.1) is 11.2 Å². The van der Waals surface area contributed by atoms with E-state index in [0.29, 0.717) is 0 Å². The number of aryl methyl sites for hydroxylation is 2. The SMILES string of the molecule is Cc1ccccc1-c1c(-c2cc(-c3ccc4sc5ccccc5c4c3)cc(-c3ccc4sc5ccccc5c4c3)c2)nc2ccccc2c1C. The molecule has 10 aromatic rings. The van der Waals surface area contributed by atoms with Crippen molar-refractivity contribution < 1.29 is 0 Å². The van der Waals surface area contributed by atoms with Gasteiger partial charge in [0.2, 0.25) is 0 Å². The molecule has 7 aromatic carbocycles. The highest BCUT2D eigenvalue weighted by atomic mass is 32.1. The number of aromatic nitrogens is 1. The fourth-order valence-electron chi connectivity index (χ4n) is 7.68. The van der Waals surface area contributed by atoms with Crippen LogP contribution in [-0.2, 0) is 0 Å². The number of hydrogen-bond donors (Lipinski definition) is 0. The monoisotopic (exact) mass is 673 g/mol. The van der Waals surface area contributed by atoms with Gasteiger partial charge in [-0.25, -0.2) is 4.98 Å². The Kier molecular flexibility index (Phi) is 6.74. The molecule has 0 atom stereocenters. The molecule has 0 amide bonds. The quantitative estimate of drug-likeness (QED) is 0.181. The first kappa shape index (κ1) is 29.3. The topological polar surface area (TPSA) is 12.9 Å². The van der Waals surface area contributed by atoms with Crippen LogP contribution in [0.1, 0.15) is 11.1 Å². The molecule has 1 nitrogen and oxygen atoms in total. The van der Waals surface area contributed by atoms with E-state index in [4.69, 9.17) is 4.98 Å². The molecule has 3 heterocycles. The van der Waals surface area contributed by atoms with E-state index >= 15 is 0 Å². The Labute approximate surface area is 298 Å². The molecule has 236 valence electrons. The molecule has 50 heavy (non-hydrogen) atoms. The molecular weight excluding hydrogens is 643 g/mol. The Hall–Kier alpha value is -5.61. The van der Waals surface area contributed by atoms with E-state index < -0.39 is 0 Å². The fraction of sp³-hybridized carbons (Fsp3) is 0.0426. The summed E-state index contributed by atoms with van der Waals surface area (Å²) in [6.07, 6.45) is 0. The maximum Gasteiger partial charge on any atom is 0.0791 e. The largest absolute Gasteiger partial charge is 0.247 e. The first-order chi connectivity index (χ1) is 24.6. The standard InChI is InChI=1S/C47H31NS2/c1-28-11-3-4-12-35(28)46-29(2)36-13-5-8-16-41(36)48-47(46)34-24-32(30-19-21-44-39(26-30)37-14-6-9-17-42(37)49-44)23-33(25-34)31-20-22-45-40(27-31)38-15-7-10-18-43(38)50-45/h3-27H,1-2H3. The van der Waals surface area contributed by atoms with Gasteiger partial charge in [0.1, 0.15) is 0 Å². The van der Waals surface area contributed by atoms with Crippen LogP contribution in [0.25, 0.3) is 95.9 Å². The van der Waals surface area contributed by atoms with E-state index in [1.54, 1.807) is 0 Å². The zero-order chi connectivity index (χ0) is 33.3. The Morgan fingerprint density at radius 1 is 0.400 bits per heavy atom. The highest BCUT2D eigenvalue weighted by molar-refractivity contribution is 7.26. The normalized spacial score (nSPS) is 11.8. The first-order valence-corrected chi connectivity index (χ1v) is 18.7. The second kappa shape index (κ2) is 11.5. The predicted molar refractivity (Wildman–Crippen MR) is 219 cm³/mol. The molecule has 0 saturated carbocycles. The minimum absolute atomic E-state index is 1.02. The lowest BCUT2D eigenvalue weighted by molar-refractivity contribution is 1.34. The van der Waals surface area contributed by atoms with Gasteiger partial charge in [0, 0.05) is 56.9 Å². The number of nitrogens with zero attached hydrogens (tertiary/aromatic N) is 1. The molecule has 0 radical (unpaired) electrons. The number of pyridine rings is 1. The van der Waals surface area contributed by atoms with Gasteiger partial charge < -0.3 is 0 Å². The van der Waals surface area contributed by atoms with Gasteiger partial charge in [0.25, 0.3) is 0 Å². The van der Waals surface area contributed by atoms with Crippen molar-refractivity contribution >= 4 is 73.9 Å². The minimum Gasteiger partial charge on any atom is -0.247 e. The van der Waals surface area contributed by atoms with Gasteiger partial charge in [-0.2, -0.15) is 0 Å². The Bertz CT molecular complexity index is 2830. The van der Waals surface area contributed by atoms with Gasteiger partial charge in [-0.05, 0) is 113 Å². The molecule has 10 rings (SSSR count). The molecule has 3 heteroatoms. The van der Waals surface area contributed by atoms with Crippen molar-refractivity contribution in [3.8, 4) is 44.6 Å². The number of benzene rings is 7. The lowest BCUT2D eigenvalue weighted by atomic mass is 9.88. The highest BCUT2D eigenvalue weighted by Crippen LogP contribution is 2.43. The van der Waals surface area contributed by atoms with E-state index in [9.17, 15) is 0 Å². The number of para-hydroxylation sites is 1. The van der Waals surface area contributed by atoms with E-state index in [-0.39, 0.29) is 0 Å². The highest BCUT2D eigenvalue weighted by Gasteiger charge is 2.19. The lowest BCUT2D eigenvalue weighted by Gasteiger charge is -2.19. The molecule has 0 fully saturated rings. The average molecular weight is 674 g/mol. The summed E-state index contributed by atoms with van der Waals surface area (Å²) in [4.78, 5) is 5.46. The van der Waals surface area contributed by atoms with E-state index in [1.807, 2.05) is 22.7 Å². The summed E-state index contributed by atoms with van der Waals surface area (Å²) >= 11 is 3.73. The van der Waals surface area contributed by atoms with Crippen LogP contribution in [0.4, 0.5) is 0 Å². The summed E-state index contributed by atoms with van der Waals surface area (Å²) < 4.78 is 5.28. The summed E-state index contributed by atoms with van der Waals surface area (Å²) in [5.41, 5.74) is 12.9. The van der Waals surface area contributed by atoms with Gasteiger partial charge in [0.15, 0.2) is 0 Å². The smallest absolute Gasteiger partial charge is 0.0791 e. The van der Waals surface area contributed by atoms with Crippen molar-refractivity contribution in [1.82, 2.24) is 4.98 Å². The number of rotatable bonds is 4. The zero-order valence-electron chi connectivity index (χ0n) is 27.7. The summed E-state index contributed by atoms with van der Waals surface area (Å²) in [6, 6.07) is 55.8. The van der Waals surface area contributed by atoms with Crippen LogP contribution in [-0.4, -0.2) is 4.98 Å². The third-order valence-corrected chi connectivity index (χ3v) is 12.5. The Balaban J connectivity index is 1.27. The molecule has 0 spiro atoms. The van der Waals surface area contributed by atoms with Crippen LogP contribution >= 0.6 is 22.7 Å². The average Bonchev–Trinajstić information content (AvgIpc) is 3.73. The van der Waals surface area contributed by atoms with Gasteiger partial charge in [-0.1, -0.05) is 91.0 Å². The fourth-order valence-corrected chi connectivity index (χ4v) is 9.85. The molecule has 0 aliphatic heterocycles. The third kappa shape index (κ3) is 4.69. The molecule has 0 aliphatic carbocycles. The van der Waals surface area contributed by atoms with Crippen molar-refractivity contribution in [3.05, 3.63) is 163 Å². The van der Waals surface area contributed by atoms with Crippen LogP contribution in [0.3, 0.4) is 0 Å². The van der Waals surface area contributed by atoms with Gasteiger partial charge in [-0.3, -0.25) is 0 Å². The zero-order valence-corrected chi connectivity index (χ0v) is 29.3. The second-order valence-electron chi connectivity index (χ2n) is 13.2. The van der Waals surface area contributed by atoms with Crippen LogP contribution in [0.5, 0.6) is 0 Å². The number of fused-ring (bicyclic) bond motifs is 7. The van der Waals surface area contributed by atoms with E-state index in [2.05, 4.69) is 166 Å². The summed E-state index contributed by atoms with van der Waals surface area (Å²) in [7, 11) is 0. The molecule has 0 unspecified atom stereocenters. The predicted octanol–water partition coefficient (Wildman–Crippen LogP) is 14.3. The van der Waals surface area contributed by atoms with Crippen LogP contribution < -0.4 is 0 Å². The maximum absolute atomic E-state index is 5.46. The molecule has 0 bridgehead atoms. The number of hydrogen-bond acceptors (Lipinski definition) is 3. The van der Waals surface area contributed by atoms with Crippen LogP contribution in [0.2, 0.25) is 0 Å². The minimum atomic E-state index is 1.02. The molecular formula is C47H31NS2. The van der Waals surface area contributed by atoms with Crippen molar-refractivity contribution in [2.75, 3.05) is 0 Å². The van der Waals surface area contributed by atoms with Crippen molar-refractivity contribution in [2.24, 2.45) is 0 Å². The summed E-state index contributed by atoms with van der Waals surface area (Å²) in [6.45, 7) is 4.46. The second-order valence-corrected chi connectivity index (χ2v) is 15.4.